The molecule has 0 amide bonds. The summed E-state index contributed by atoms with van der Waals surface area (Å²) in [6, 6.07) is 16.3. The maximum atomic E-state index is 5.78. The largest absolute Gasteiger partial charge is 0.493 e. The van der Waals surface area contributed by atoms with E-state index in [1.807, 2.05) is 22.9 Å². The van der Waals surface area contributed by atoms with Gasteiger partial charge in [-0.3, -0.25) is 4.90 Å². The number of rotatable bonds is 9. The Morgan fingerprint density at radius 1 is 0.906 bits per heavy atom. The fourth-order valence-corrected chi connectivity index (χ4v) is 4.25. The lowest BCUT2D eigenvalue weighted by Crippen LogP contribution is -2.48. The lowest BCUT2D eigenvalue weighted by molar-refractivity contribution is 0.170. The normalized spacial score (nSPS) is 15.5. The molecular weight excluding hydrogens is 408 g/mol. The zero-order valence-corrected chi connectivity index (χ0v) is 18.8. The number of anilines is 1. The number of benzene rings is 2. The first-order chi connectivity index (χ1) is 15.8. The van der Waals surface area contributed by atoms with Crippen molar-refractivity contribution in [3.8, 4) is 11.5 Å². The summed E-state index contributed by atoms with van der Waals surface area (Å²) in [5.41, 5.74) is 2.22. The first-order valence-corrected chi connectivity index (χ1v) is 10.8. The average molecular weight is 439 g/mol. The molecule has 170 valence electrons. The quantitative estimate of drug-likeness (QED) is 0.504. The molecule has 4 rings (SSSR count). The van der Waals surface area contributed by atoms with Gasteiger partial charge in [-0.1, -0.05) is 30.3 Å². The number of piperazine rings is 1. The standard InChI is InChI=1S/C23H30N6O3/c1-30-17-16-29-23(24-25-26-29)21(19-10-7-11-20(31-2)22(19)32-3)28-14-12-27(13-15-28)18-8-5-4-6-9-18/h4-11,21H,12-17H2,1-3H3. The molecule has 0 aliphatic carbocycles. The van der Waals surface area contributed by atoms with Gasteiger partial charge in [-0.2, -0.15) is 0 Å². The van der Waals surface area contributed by atoms with E-state index in [4.69, 9.17) is 14.2 Å². The van der Waals surface area contributed by atoms with Crippen molar-refractivity contribution in [1.82, 2.24) is 25.1 Å². The number of tetrazole rings is 1. The summed E-state index contributed by atoms with van der Waals surface area (Å²) in [5.74, 6) is 2.15. The predicted octanol–water partition coefficient (Wildman–Crippen LogP) is 2.25. The molecule has 0 spiro atoms. The molecule has 1 aliphatic heterocycles. The number of methoxy groups -OCH3 is 3. The zero-order chi connectivity index (χ0) is 22.3. The molecule has 2 heterocycles. The van der Waals surface area contributed by atoms with Crippen molar-refractivity contribution in [3.05, 3.63) is 59.9 Å². The zero-order valence-electron chi connectivity index (χ0n) is 18.8. The Hall–Kier alpha value is -3.17. The number of nitrogens with zero attached hydrogens (tertiary/aromatic N) is 6. The topological polar surface area (TPSA) is 77.8 Å². The maximum absolute atomic E-state index is 5.78. The number of hydrogen-bond acceptors (Lipinski definition) is 8. The Bertz CT molecular complexity index is 988. The van der Waals surface area contributed by atoms with Crippen LogP contribution in [0, 0.1) is 0 Å². The maximum Gasteiger partial charge on any atom is 0.173 e. The Labute approximate surface area is 188 Å². The Morgan fingerprint density at radius 3 is 2.38 bits per heavy atom. The summed E-state index contributed by atoms with van der Waals surface area (Å²) < 4.78 is 18.4. The highest BCUT2D eigenvalue weighted by Crippen LogP contribution is 2.39. The van der Waals surface area contributed by atoms with Crippen LogP contribution in [-0.2, 0) is 11.3 Å². The molecule has 0 bridgehead atoms. The monoisotopic (exact) mass is 438 g/mol. The molecule has 32 heavy (non-hydrogen) atoms. The fourth-order valence-electron chi connectivity index (χ4n) is 4.25. The van der Waals surface area contributed by atoms with Crippen molar-refractivity contribution in [3.63, 3.8) is 0 Å². The number of hydrogen-bond donors (Lipinski definition) is 0. The summed E-state index contributed by atoms with van der Waals surface area (Å²) in [6.07, 6.45) is 0. The molecule has 2 aromatic carbocycles. The number of para-hydroxylation sites is 2. The van der Waals surface area contributed by atoms with Crippen LogP contribution < -0.4 is 14.4 Å². The minimum absolute atomic E-state index is 0.176. The van der Waals surface area contributed by atoms with Crippen LogP contribution in [0.2, 0.25) is 0 Å². The van der Waals surface area contributed by atoms with Gasteiger partial charge in [-0.25, -0.2) is 4.68 Å². The summed E-state index contributed by atoms with van der Waals surface area (Å²) >= 11 is 0. The van der Waals surface area contributed by atoms with Crippen molar-refractivity contribution < 1.29 is 14.2 Å². The van der Waals surface area contributed by atoms with Crippen molar-refractivity contribution >= 4 is 5.69 Å². The van der Waals surface area contributed by atoms with E-state index in [-0.39, 0.29) is 6.04 Å². The third-order valence-corrected chi connectivity index (χ3v) is 5.84. The van der Waals surface area contributed by atoms with Gasteiger partial charge in [0.05, 0.1) is 27.4 Å². The van der Waals surface area contributed by atoms with Gasteiger partial charge in [-0.05, 0) is 28.6 Å². The van der Waals surface area contributed by atoms with Crippen molar-refractivity contribution in [2.75, 3.05) is 59.0 Å². The van der Waals surface area contributed by atoms with Crippen LogP contribution in [0.3, 0.4) is 0 Å². The van der Waals surface area contributed by atoms with Crippen LogP contribution in [0.4, 0.5) is 5.69 Å². The molecule has 9 heteroatoms. The first-order valence-electron chi connectivity index (χ1n) is 10.8. The molecule has 3 aromatic rings. The minimum atomic E-state index is -0.176. The molecule has 9 nitrogen and oxygen atoms in total. The lowest BCUT2D eigenvalue weighted by Gasteiger charge is -2.40. The fraction of sp³-hybridized carbons (Fsp3) is 0.435. The second kappa shape index (κ2) is 10.4. The minimum Gasteiger partial charge on any atom is -0.493 e. The SMILES string of the molecule is COCCn1nnnc1C(c1cccc(OC)c1OC)N1CCN(c2ccccc2)CC1. The van der Waals surface area contributed by atoms with Crippen LogP contribution in [0.1, 0.15) is 17.4 Å². The van der Waals surface area contributed by atoms with Crippen LogP contribution >= 0.6 is 0 Å². The highest BCUT2D eigenvalue weighted by Gasteiger charge is 2.33. The lowest BCUT2D eigenvalue weighted by atomic mass is 10.0. The van der Waals surface area contributed by atoms with Gasteiger partial charge in [0.2, 0.25) is 0 Å². The van der Waals surface area contributed by atoms with Gasteiger partial charge in [0.15, 0.2) is 17.3 Å². The first kappa shape index (κ1) is 22.0. The third kappa shape index (κ3) is 4.53. The molecule has 1 saturated heterocycles. The van der Waals surface area contributed by atoms with E-state index >= 15 is 0 Å². The van der Waals surface area contributed by atoms with E-state index in [9.17, 15) is 0 Å². The summed E-state index contributed by atoms with van der Waals surface area (Å²) in [4.78, 5) is 4.82. The third-order valence-electron chi connectivity index (χ3n) is 5.84. The van der Waals surface area contributed by atoms with Crippen molar-refractivity contribution in [2.24, 2.45) is 0 Å². The molecule has 1 unspecified atom stereocenters. The van der Waals surface area contributed by atoms with Crippen molar-refractivity contribution in [2.45, 2.75) is 12.6 Å². The van der Waals surface area contributed by atoms with Gasteiger partial charge < -0.3 is 19.1 Å². The van der Waals surface area contributed by atoms with E-state index in [0.29, 0.717) is 24.7 Å². The van der Waals surface area contributed by atoms with E-state index in [1.165, 1.54) is 5.69 Å². The van der Waals surface area contributed by atoms with E-state index in [2.05, 4.69) is 55.7 Å². The smallest absolute Gasteiger partial charge is 0.173 e. The molecular formula is C23H30N6O3. The Kier molecular flexibility index (Phi) is 7.18. The molecule has 1 aromatic heterocycles. The van der Waals surface area contributed by atoms with Crippen LogP contribution in [0.25, 0.3) is 0 Å². The van der Waals surface area contributed by atoms with E-state index in [0.717, 1.165) is 37.6 Å². The molecule has 0 saturated carbocycles. The summed E-state index contributed by atoms with van der Waals surface area (Å²) in [5, 5.41) is 12.6. The van der Waals surface area contributed by atoms with E-state index < -0.39 is 0 Å². The highest BCUT2D eigenvalue weighted by atomic mass is 16.5. The Balaban J connectivity index is 1.68. The predicted molar refractivity (Wildman–Crippen MR) is 121 cm³/mol. The summed E-state index contributed by atoms with van der Waals surface area (Å²) in [7, 11) is 4.99. The highest BCUT2D eigenvalue weighted by molar-refractivity contribution is 5.50. The second-order valence-electron chi connectivity index (χ2n) is 7.60. The molecule has 1 fully saturated rings. The summed E-state index contributed by atoms with van der Waals surface area (Å²) in [6.45, 7) is 4.64. The number of ether oxygens (including phenoxy) is 3. The van der Waals surface area contributed by atoms with Gasteiger partial charge in [0.1, 0.15) is 6.04 Å². The van der Waals surface area contributed by atoms with Gasteiger partial charge >= 0.3 is 0 Å². The molecule has 0 radical (unpaired) electrons. The molecule has 0 N–H and O–H groups in total. The van der Waals surface area contributed by atoms with Gasteiger partial charge in [0.25, 0.3) is 0 Å². The Morgan fingerprint density at radius 2 is 1.69 bits per heavy atom. The van der Waals surface area contributed by atoms with Crippen LogP contribution in [-0.4, -0.2) is 79.2 Å². The van der Waals surface area contributed by atoms with Crippen LogP contribution in [0.5, 0.6) is 11.5 Å². The van der Waals surface area contributed by atoms with Crippen LogP contribution in [0.15, 0.2) is 48.5 Å². The van der Waals surface area contributed by atoms with Crippen molar-refractivity contribution in [1.29, 1.82) is 0 Å². The number of aromatic nitrogens is 4. The van der Waals surface area contributed by atoms with Gasteiger partial charge in [0, 0.05) is 44.5 Å². The molecule has 1 aliphatic rings. The average Bonchev–Trinajstić information content (AvgIpc) is 3.31. The second-order valence-corrected chi connectivity index (χ2v) is 7.60. The van der Waals surface area contributed by atoms with Gasteiger partial charge in [-0.15, -0.1) is 5.10 Å². The van der Waals surface area contributed by atoms with E-state index in [1.54, 1.807) is 21.3 Å². The molecule has 1 atom stereocenters.